The Hall–Kier alpha value is -5.04. The van der Waals surface area contributed by atoms with E-state index >= 15 is 0 Å². The van der Waals surface area contributed by atoms with Crippen LogP contribution in [0, 0.1) is 11.8 Å². The molecule has 10 heteroatoms. The Balaban J connectivity index is 1.16. The molecule has 0 aliphatic carbocycles. The highest BCUT2D eigenvalue weighted by atomic mass is 16.2. The molecule has 2 aliphatic rings. The van der Waals surface area contributed by atoms with Gasteiger partial charge in [0.25, 0.3) is 0 Å². The minimum absolute atomic E-state index is 0.0127. The summed E-state index contributed by atoms with van der Waals surface area (Å²) < 4.78 is 0. The first-order valence-corrected chi connectivity index (χ1v) is 14.5. The summed E-state index contributed by atoms with van der Waals surface area (Å²) in [5.41, 5.74) is 6.43. The molecule has 43 heavy (non-hydrogen) atoms. The van der Waals surface area contributed by atoms with Crippen molar-refractivity contribution >= 4 is 23.1 Å². The molecule has 2 aliphatic heterocycles. The summed E-state index contributed by atoms with van der Waals surface area (Å²) in [6.45, 7) is 5.38. The first-order chi connectivity index (χ1) is 20.7. The average molecular weight is 577 g/mol. The number of nitrogens with zero attached hydrogens (tertiary/aromatic N) is 6. The number of amides is 4. The fraction of sp³-hybridized carbons (Fsp3) is 0.333. The molecular weight excluding hydrogens is 540 g/mol. The minimum atomic E-state index is -0.161. The molecule has 2 atom stereocenters. The third-order valence-corrected chi connectivity index (χ3v) is 8.04. The van der Waals surface area contributed by atoms with Crippen molar-refractivity contribution in [2.24, 2.45) is 0 Å². The maximum atomic E-state index is 12.7. The third-order valence-electron chi connectivity index (χ3n) is 8.04. The zero-order valence-corrected chi connectivity index (χ0v) is 25.0. The van der Waals surface area contributed by atoms with Crippen molar-refractivity contribution in [3.63, 3.8) is 0 Å². The summed E-state index contributed by atoms with van der Waals surface area (Å²) in [6.07, 6.45) is 4.39. The quantitative estimate of drug-likeness (QED) is 0.260. The van der Waals surface area contributed by atoms with E-state index in [0.29, 0.717) is 13.0 Å². The van der Waals surface area contributed by atoms with Gasteiger partial charge in [-0.15, -0.1) is 0 Å². The van der Waals surface area contributed by atoms with E-state index in [2.05, 4.69) is 33.4 Å². The lowest BCUT2D eigenvalue weighted by Gasteiger charge is -2.26. The van der Waals surface area contributed by atoms with Gasteiger partial charge in [0.2, 0.25) is 0 Å². The summed E-state index contributed by atoms with van der Waals surface area (Å²) in [7, 11) is 7.07. The predicted molar refractivity (Wildman–Crippen MR) is 166 cm³/mol. The Bertz CT molecular complexity index is 1750. The second-order valence-electron chi connectivity index (χ2n) is 11.7. The summed E-state index contributed by atoms with van der Waals surface area (Å²) in [5, 5.41) is 0. The number of hydrogen-bond donors (Lipinski definition) is 2. The van der Waals surface area contributed by atoms with Crippen LogP contribution in [-0.4, -0.2) is 92.9 Å². The Morgan fingerprint density at radius 2 is 1.60 bits per heavy atom. The van der Waals surface area contributed by atoms with Crippen LogP contribution in [0.3, 0.4) is 0 Å². The topological polar surface area (TPSA) is 104 Å². The second kappa shape index (κ2) is 11.3. The number of aromatic nitrogens is 4. The van der Waals surface area contributed by atoms with Gasteiger partial charge in [-0.25, -0.2) is 19.6 Å². The fourth-order valence-electron chi connectivity index (χ4n) is 5.83. The van der Waals surface area contributed by atoms with Crippen molar-refractivity contribution in [3.05, 3.63) is 83.6 Å². The van der Waals surface area contributed by atoms with Crippen molar-refractivity contribution in [1.82, 2.24) is 39.5 Å². The van der Waals surface area contributed by atoms with E-state index in [9.17, 15) is 9.59 Å². The summed E-state index contributed by atoms with van der Waals surface area (Å²) in [5.74, 6) is 8.10. The number of benzene rings is 2. The fourth-order valence-corrected chi connectivity index (χ4v) is 5.83. The van der Waals surface area contributed by atoms with E-state index < -0.39 is 0 Å². The monoisotopic (exact) mass is 576 g/mol. The van der Waals surface area contributed by atoms with Crippen LogP contribution in [0.25, 0.3) is 22.3 Å². The molecule has 2 N–H and O–H groups in total. The molecule has 4 heterocycles. The van der Waals surface area contributed by atoms with Crippen LogP contribution in [0.4, 0.5) is 9.59 Å². The van der Waals surface area contributed by atoms with Crippen LogP contribution < -0.4 is 0 Å². The van der Waals surface area contributed by atoms with Gasteiger partial charge in [0, 0.05) is 52.4 Å². The van der Waals surface area contributed by atoms with Crippen molar-refractivity contribution in [3.8, 4) is 23.1 Å². The first-order valence-electron chi connectivity index (χ1n) is 14.5. The molecule has 4 aromatic rings. The highest BCUT2D eigenvalue weighted by Crippen LogP contribution is 2.35. The normalized spacial score (nSPS) is 18.2. The number of nitrogens with one attached hydrogen (secondary N) is 2. The molecule has 4 amide bonds. The van der Waals surface area contributed by atoms with Gasteiger partial charge in [0.15, 0.2) is 0 Å². The van der Waals surface area contributed by atoms with Crippen LogP contribution in [0.15, 0.2) is 60.8 Å². The second-order valence-corrected chi connectivity index (χ2v) is 11.7. The lowest BCUT2D eigenvalue weighted by molar-refractivity contribution is 0.164. The SMILES string of the molecule is C=C1C[C@@H](c2nc3ccc(C#Cc4ccc(-c5cnc([C@@H]6CCCN6C(=O)N(C)C)[nH]5)cc4)cc3[nH]2)N(C(=O)N(C)C)C1. The number of carbonyl (C=O) groups excluding carboxylic acids is 2. The van der Waals surface area contributed by atoms with E-state index in [0.717, 1.165) is 70.0 Å². The number of carbonyl (C=O) groups is 2. The molecule has 10 nitrogen and oxygen atoms in total. The van der Waals surface area contributed by atoms with Crippen LogP contribution in [0.2, 0.25) is 0 Å². The molecule has 2 fully saturated rings. The molecule has 6 rings (SSSR count). The van der Waals surface area contributed by atoms with Crippen molar-refractivity contribution in [2.75, 3.05) is 41.3 Å². The van der Waals surface area contributed by atoms with Gasteiger partial charge in [0.05, 0.1) is 35.0 Å². The van der Waals surface area contributed by atoms with Gasteiger partial charge in [-0.1, -0.05) is 36.1 Å². The standard InChI is InChI=1S/C33H36N8O2/c1-21-17-29(41(20-21)33(43)39(4)5)31-35-25-15-12-23(18-26(25)36-31)9-8-22-10-13-24(14-11-22)27-19-34-30(37-27)28-7-6-16-40(28)32(42)38(2)3/h10-15,18-19,28-29H,1,6-7,16-17,20H2,2-5H3,(H,34,37)(H,35,36)/t28-,29-/m0/s1. The molecule has 0 bridgehead atoms. The van der Waals surface area contributed by atoms with E-state index in [-0.39, 0.29) is 24.1 Å². The molecule has 2 aromatic carbocycles. The molecule has 0 spiro atoms. The molecule has 220 valence electrons. The van der Waals surface area contributed by atoms with E-state index in [1.54, 1.807) is 38.0 Å². The van der Waals surface area contributed by atoms with Crippen molar-refractivity contribution < 1.29 is 9.59 Å². The van der Waals surface area contributed by atoms with E-state index in [4.69, 9.17) is 4.98 Å². The van der Waals surface area contributed by atoms with Crippen LogP contribution >= 0.6 is 0 Å². The molecular formula is C33H36N8O2. The van der Waals surface area contributed by atoms with Crippen molar-refractivity contribution in [1.29, 1.82) is 0 Å². The average Bonchev–Trinajstić information content (AvgIpc) is 3.80. The van der Waals surface area contributed by atoms with Gasteiger partial charge in [-0.3, -0.25) is 0 Å². The Morgan fingerprint density at radius 1 is 0.907 bits per heavy atom. The van der Waals surface area contributed by atoms with Crippen LogP contribution in [0.1, 0.15) is 54.1 Å². The number of H-pyrrole nitrogens is 2. The lowest BCUT2D eigenvalue weighted by Crippen LogP contribution is -2.39. The lowest BCUT2D eigenvalue weighted by atomic mass is 10.1. The number of rotatable bonds is 3. The Kier molecular flexibility index (Phi) is 7.40. The van der Waals surface area contributed by atoms with E-state index in [1.807, 2.05) is 58.5 Å². The number of hydrogen-bond acceptors (Lipinski definition) is 4. The van der Waals surface area contributed by atoms with Crippen LogP contribution in [0.5, 0.6) is 0 Å². The summed E-state index contributed by atoms with van der Waals surface area (Å²) in [4.78, 5) is 48.4. The van der Waals surface area contributed by atoms with Gasteiger partial charge in [0.1, 0.15) is 11.6 Å². The summed E-state index contributed by atoms with van der Waals surface area (Å²) >= 11 is 0. The third kappa shape index (κ3) is 5.58. The summed E-state index contributed by atoms with van der Waals surface area (Å²) in [6, 6.07) is 13.7. The number of aromatic amines is 2. The van der Waals surface area contributed by atoms with Crippen LogP contribution in [-0.2, 0) is 0 Å². The minimum Gasteiger partial charge on any atom is -0.340 e. The highest BCUT2D eigenvalue weighted by Gasteiger charge is 2.35. The smallest absolute Gasteiger partial charge is 0.320 e. The number of fused-ring (bicyclic) bond motifs is 1. The number of imidazole rings is 2. The number of likely N-dealkylation sites (tertiary alicyclic amines) is 2. The Labute approximate surface area is 251 Å². The van der Waals surface area contributed by atoms with Gasteiger partial charge in [-0.05, 0) is 55.2 Å². The predicted octanol–water partition coefficient (Wildman–Crippen LogP) is 5.16. The van der Waals surface area contributed by atoms with Gasteiger partial charge < -0.3 is 29.6 Å². The zero-order chi connectivity index (χ0) is 30.2. The van der Waals surface area contributed by atoms with Crippen molar-refractivity contribution in [2.45, 2.75) is 31.3 Å². The maximum Gasteiger partial charge on any atom is 0.320 e. The molecule has 0 unspecified atom stereocenters. The highest BCUT2D eigenvalue weighted by molar-refractivity contribution is 5.78. The molecule has 2 saturated heterocycles. The van der Waals surface area contributed by atoms with E-state index in [1.165, 1.54) is 0 Å². The van der Waals surface area contributed by atoms with Gasteiger partial charge >= 0.3 is 12.1 Å². The first kappa shape index (κ1) is 28.1. The Morgan fingerprint density at radius 3 is 2.35 bits per heavy atom. The largest absolute Gasteiger partial charge is 0.340 e. The molecule has 0 saturated carbocycles. The maximum absolute atomic E-state index is 12.7. The number of urea groups is 2. The molecule has 0 radical (unpaired) electrons. The zero-order valence-electron chi connectivity index (χ0n) is 25.0. The molecule has 2 aromatic heterocycles. The van der Waals surface area contributed by atoms with Gasteiger partial charge in [-0.2, -0.15) is 0 Å².